The Morgan fingerprint density at radius 1 is 1.29 bits per heavy atom. The van der Waals surface area contributed by atoms with Gasteiger partial charge in [0.1, 0.15) is 6.04 Å². The summed E-state index contributed by atoms with van der Waals surface area (Å²) in [7, 11) is -4.03. The van der Waals surface area contributed by atoms with E-state index in [1.807, 2.05) is 13.8 Å². The van der Waals surface area contributed by atoms with Crippen molar-refractivity contribution in [2.75, 3.05) is 0 Å². The number of amides is 1. The number of aliphatic carboxylic acids is 1. The lowest BCUT2D eigenvalue weighted by Crippen LogP contribution is -2.41. The zero-order valence-corrected chi connectivity index (χ0v) is 14.5. The van der Waals surface area contributed by atoms with E-state index in [0.29, 0.717) is 0 Å². The molecule has 8 heteroatoms. The van der Waals surface area contributed by atoms with Crippen LogP contribution in [0.15, 0.2) is 29.2 Å². The number of hydrogen-bond donors (Lipinski definition) is 3. The summed E-state index contributed by atoms with van der Waals surface area (Å²) in [6.45, 7) is 3.63. The molecule has 24 heavy (non-hydrogen) atoms. The highest BCUT2D eigenvalue weighted by Gasteiger charge is 2.27. The summed E-state index contributed by atoms with van der Waals surface area (Å²) in [5.41, 5.74) is 0.237. The number of carboxylic acids is 1. The number of benzene rings is 1. The molecule has 1 amide bonds. The molecule has 0 heterocycles. The lowest BCUT2D eigenvalue weighted by Gasteiger charge is -2.17. The predicted octanol–water partition coefficient (Wildman–Crippen LogP) is 1.36. The second-order valence-corrected chi connectivity index (χ2v) is 8.13. The fraction of sp³-hybridized carbons (Fsp3) is 0.500. The van der Waals surface area contributed by atoms with E-state index in [0.717, 1.165) is 12.8 Å². The number of carbonyl (C=O) groups excluding carboxylic acids is 1. The van der Waals surface area contributed by atoms with Crippen LogP contribution in [0.3, 0.4) is 0 Å². The third-order valence-electron chi connectivity index (χ3n) is 3.62. The molecule has 0 aliphatic heterocycles. The molecule has 0 bridgehead atoms. The quantitative estimate of drug-likeness (QED) is 0.652. The topological polar surface area (TPSA) is 113 Å². The van der Waals surface area contributed by atoms with Crippen LogP contribution in [0.25, 0.3) is 0 Å². The van der Waals surface area contributed by atoms with Gasteiger partial charge < -0.3 is 10.4 Å². The van der Waals surface area contributed by atoms with E-state index >= 15 is 0 Å². The fourth-order valence-corrected chi connectivity index (χ4v) is 3.47. The summed E-state index contributed by atoms with van der Waals surface area (Å²) < 4.78 is 27.1. The molecule has 1 aliphatic rings. The van der Waals surface area contributed by atoms with Crippen LogP contribution in [-0.4, -0.2) is 37.5 Å². The number of carbonyl (C=O) groups is 2. The Kier molecular flexibility index (Phi) is 5.61. The Balaban J connectivity index is 2.18. The Labute approximate surface area is 141 Å². The van der Waals surface area contributed by atoms with Crippen LogP contribution >= 0.6 is 0 Å². The number of sulfonamides is 1. The molecule has 0 unspecified atom stereocenters. The standard InChI is InChI=1S/C16H22N2O5S/c1-10(2)8-14(16(20)21)18-24(22,23)13-5-3-4-11(9-13)15(19)17-12-6-7-12/h3-5,9-10,12,14,18H,6-8H2,1-2H3,(H,17,19)(H,20,21)/t14-/m1/s1. The van der Waals surface area contributed by atoms with Crippen LogP contribution in [0.5, 0.6) is 0 Å². The van der Waals surface area contributed by atoms with E-state index in [-0.39, 0.29) is 34.7 Å². The smallest absolute Gasteiger partial charge is 0.321 e. The lowest BCUT2D eigenvalue weighted by molar-refractivity contribution is -0.139. The van der Waals surface area contributed by atoms with Gasteiger partial charge in [0.15, 0.2) is 0 Å². The first-order valence-electron chi connectivity index (χ1n) is 7.85. The Morgan fingerprint density at radius 3 is 2.50 bits per heavy atom. The monoisotopic (exact) mass is 354 g/mol. The molecule has 132 valence electrons. The SMILES string of the molecule is CC(C)C[C@@H](NS(=O)(=O)c1cccc(C(=O)NC2CC2)c1)C(=O)O. The van der Waals surface area contributed by atoms with E-state index in [4.69, 9.17) is 0 Å². The van der Waals surface area contributed by atoms with Crippen molar-refractivity contribution in [1.29, 1.82) is 0 Å². The van der Waals surface area contributed by atoms with Gasteiger partial charge in [0.25, 0.3) is 5.91 Å². The summed E-state index contributed by atoms with van der Waals surface area (Å²) in [6, 6.07) is 4.55. The molecule has 1 aliphatic carbocycles. The van der Waals surface area contributed by atoms with Crippen molar-refractivity contribution in [2.45, 2.75) is 50.1 Å². The number of hydrogen-bond acceptors (Lipinski definition) is 4. The highest BCUT2D eigenvalue weighted by atomic mass is 32.2. The van der Waals surface area contributed by atoms with Gasteiger partial charge in [0.05, 0.1) is 4.90 Å². The molecule has 1 fully saturated rings. The van der Waals surface area contributed by atoms with Gasteiger partial charge in [-0.25, -0.2) is 8.42 Å². The normalized spacial score (nSPS) is 16.0. The van der Waals surface area contributed by atoms with Crippen molar-refractivity contribution in [3.05, 3.63) is 29.8 Å². The number of nitrogens with one attached hydrogen (secondary N) is 2. The van der Waals surface area contributed by atoms with Crippen LogP contribution < -0.4 is 10.0 Å². The van der Waals surface area contributed by atoms with E-state index in [9.17, 15) is 23.1 Å². The summed E-state index contributed by atoms with van der Waals surface area (Å²) in [6.07, 6.45) is 2.04. The summed E-state index contributed by atoms with van der Waals surface area (Å²) in [5, 5.41) is 12.0. The first-order chi connectivity index (χ1) is 11.2. The highest BCUT2D eigenvalue weighted by Crippen LogP contribution is 2.20. The average molecular weight is 354 g/mol. The van der Waals surface area contributed by atoms with Gasteiger partial charge in [0.2, 0.25) is 10.0 Å². The molecule has 1 saturated carbocycles. The molecule has 1 atom stereocenters. The number of rotatable bonds is 8. The van der Waals surface area contributed by atoms with Gasteiger partial charge in [0, 0.05) is 11.6 Å². The minimum absolute atomic E-state index is 0.0180. The van der Waals surface area contributed by atoms with Crippen LogP contribution in [0.1, 0.15) is 43.5 Å². The van der Waals surface area contributed by atoms with Crippen molar-refractivity contribution < 1.29 is 23.1 Å². The molecule has 0 spiro atoms. The zero-order chi connectivity index (χ0) is 17.9. The molecule has 2 rings (SSSR count). The maximum Gasteiger partial charge on any atom is 0.321 e. The van der Waals surface area contributed by atoms with Crippen molar-refractivity contribution in [3.8, 4) is 0 Å². The number of carboxylic acid groups (broad SMARTS) is 1. The van der Waals surface area contributed by atoms with Gasteiger partial charge in [-0.15, -0.1) is 0 Å². The zero-order valence-electron chi connectivity index (χ0n) is 13.7. The predicted molar refractivity (Wildman–Crippen MR) is 88.1 cm³/mol. The average Bonchev–Trinajstić information content (AvgIpc) is 3.30. The van der Waals surface area contributed by atoms with Gasteiger partial charge in [-0.05, 0) is 43.4 Å². The second-order valence-electron chi connectivity index (χ2n) is 6.42. The van der Waals surface area contributed by atoms with E-state index in [2.05, 4.69) is 10.0 Å². The van der Waals surface area contributed by atoms with Gasteiger partial charge in [-0.1, -0.05) is 19.9 Å². The van der Waals surface area contributed by atoms with Gasteiger partial charge in [-0.2, -0.15) is 4.72 Å². The first kappa shape index (κ1) is 18.4. The first-order valence-corrected chi connectivity index (χ1v) is 9.33. The van der Waals surface area contributed by atoms with Gasteiger partial charge >= 0.3 is 5.97 Å². The summed E-state index contributed by atoms with van der Waals surface area (Å²) in [4.78, 5) is 23.2. The van der Waals surface area contributed by atoms with Crippen molar-refractivity contribution >= 4 is 21.9 Å². The van der Waals surface area contributed by atoms with E-state index in [1.54, 1.807) is 0 Å². The van der Waals surface area contributed by atoms with Crippen LogP contribution in [0.4, 0.5) is 0 Å². The van der Waals surface area contributed by atoms with Crippen LogP contribution in [0.2, 0.25) is 0 Å². The van der Waals surface area contributed by atoms with Crippen LogP contribution in [0, 0.1) is 5.92 Å². The largest absolute Gasteiger partial charge is 0.480 e. The molecule has 0 aromatic heterocycles. The van der Waals surface area contributed by atoms with E-state index < -0.39 is 22.0 Å². The van der Waals surface area contributed by atoms with E-state index in [1.165, 1.54) is 24.3 Å². The Hall–Kier alpha value is -1.93. The van der Waals surface area contributed by atoms with Crippen molar-refractivity contribution in [3.63, 3.8) is 0 Å². The maximum absolute atomic E-state index is 12.4. The third-order valence-corrected chi connectivity index (χ3v) is 5.09. The van der Waals surface area contributed by atoms with Crippen molar-refractivity contribution in [2.24, 2.45) is 5.92 Å². The molecular formula is C16H22N2O5S. The molecule has 1 aromatic carbocycles. The Morgan fingerprint density at radius 2 is 1.96 bits per heavy atom. The minimum Gasteiger partial charge on any atom is -0.480 e. The van der Waals surface area contributed by atoms with Crippen molar-refractivity contribution in [1.82, 2.24) is 10.0 Å². The molecule has 7 nitrogen and oxygen atoms in total. The second kappa shape index (κ2) is 7.31. The maximum atomic E-state index is 12.4. The Bertz CT molecular complexity index is 726. The third kappa shape index (κ3) is 5.04. The summed E-state index contributed by atoms with van der Waals surface area (Å²) >= 11 is 0. The molecule has 0 radical (unpaired) electrons. The molecular weight excluding hydrogens is 332 g/mol. The van der Waals surface area contributed by atoms with Crippen LogP contribution in [-0.2, 0) is 14.8 Å². The molecule has 0 saturated heterocycles. The highest BCUT2D eigenvalue weighted by molar-refractivity contribution is 7.89. The minimum atomic E-state index is -4.03. The van der Waals surface area contributed by atoms with Gasteiger partial charge in [-0.3, -0.25) is 9.59 Å². The molecule has 1 aromatic rings. The fourth-order valence-electron chi connectivity index (χ4n) is 2.23. The lowest BCUT2D eigenvalue weighted by atomic mass is 10.1. The summed E-state index contributed by atoms with van der Waals surface area (Å²) in [5.74, 6) is -1.54. The molecule has 3 N–H and O–H groups in total.